The molecule has 2 aromatic rings. The molecule has 0 saturated carbocycles. The minimum atomic E-state index is 0.318. The van der Waals surface area contributed by atoms with Gasteiger partial charge in [0.1, 0.15) is 10.9 Å². The van der Waals surface area contributed by atoms with E-state index in [2.05, 4.69) is 20.9 Å². The number of nitrogen functional groups attached to an aromatic ring is 1. The molecule has 0 aliphatic rings. The van der Waals surface area contributed by atoms with Gasteiger partial charge in [0, 0.05) is 4.47 Å². The Morgan fingerprint density at radius 3 is 2.82 bits per heavy atom. The average Bonchev–Trinajstić information content (AvgIpc) is 2.28. The van der Waals surface area contributed by atoms with Gasteiger partial charge >= 0.3 is 0 Å². The number of pyridine rings is 1. The molecule has 2 N–H and O–H groups in total. The van der Waals surface area contributed by atoms with Crippen molar-refractivity contribution in [1.82, 2.24) is 4.98 Å². The van der Waals surface area contributed by atoms with E-state index in [1.54, 1.807) is 12.1 Å². The molecule has 0 radical (unpaired) electrons. The monoisotopic (exact) mass is 312 g/mol. The van der Waals surface area contributed by atoms with Crippen molar-refractivity contribution in [3.8, 4) is 11.6 Å². The molecule has 1 heterocycles. The molecule has 2 rings (SSSR count). The molecule has 0 saturated heterocycles. The molecule has 0 bridgehead atoms. The summed E-state index contributed by atoms with van der Waals surface area (Å²) in [4.78, 5) is 4.04. The highest BCUT2D eigenvalue weighted by atomic mass is 79.9. The zero-order chi connectivity index (χ0) is 12.4. The number of hydrogen-bond acceptors (Lipinski definition) is 3. The number of aromatic nitrogens is 1. The van der Waals surface area contributed by atoms with Crippen molar-refractivity contribution in [1.29, 1.82) is 0 Å². The second kappa shape index (κ2) is 4.94. The lowest BCUT2D eigenvalue weighted by Gasteiger charge is -2.10. The fourth-order valence-corrected chi connectivity index (χ4v) is 1.78. The molecule has 1 aromatic carbocycles. The minimum absolute atomic E-state index is 0.318. The van der Waals surface area contributed by atoms with E-state index in [0.717, 1.165) is 10.0 Å². The second-order valence-electron chi connectivity index (χ2n) is 3.54. The lowest BCUT2D eigenvalue weighted by Crippen LogP contribution is -1.96. The normalized spacial score (nSPS) is 10.3. The third kappa shape index (κ3) is 2.90. The topological polar surface area (TPSA) is 48.1 Å². The van der Waals surface area contributed by atoms with Gasteiger partial charge in [0.05, 0.1) is 5.69 Å². The van der Waals surface area contributed by atoms with E-state index in [9.17, 15) is 0 Å². The molecule has 0 fully saturated rings. The molecule has 0 unspecified atom stereocenters. The van der Waals surface area contributed by atoms with E-state index in [1.807, 2.05) is 25.1 Å². The summed E-state index contributed by atoms with van der Waals surface area (Å²) in [5, 5.41) is 0.349. The molecule has 3 nitrogen and oxygen atoms in total. The second-order valence-corrected chi connectivity index (χ2v) is 4.84. The molecule has 0 atom stereocenters. The first-order chi connectivity index (χ1) is 8.06. The molecule has 1 aromatic heterocycles. The van der Waals surface area contributed by atoms with Crippen molar-refractivity contribution in [2.45, 2.75) is 6.92 Å². The third-order valence-electron chi connectivity index (χ3n) is 2.21. The van der Waals surface area contributed by atoms with Gasteiger partial charge in [-0.05, 0) is 36.8 Å². The zero-order valence-electron chi connectivity index (χ0n) is 9.08. The van der Waals surface area contributed by atoms with E-state index in [-0.39, 0.29) is 0 Å². The first kappa shape index (κ1) is 12.2. The first-order valence-electron chi connectivity index (χ1n) is 4.92. The highest BCUT2D eigenvalue weighted by molar-refractivity contribution is 9.10. The third-order valence-corrected chi connectivity index (χ3v) is 2.92. The highest BCUT2D eigenvalue weighted by Gasteiger charge is 2.07. The molecule has 88 valence electrons. The Hall–Kier alpha value is -1.26. The van der Waals surface area contributed by atoms with Crippen molar-refractivity contribution in [3.63, 3.8) is 0 Å². The van der Waals surface area contributed by atoms with Gasteiger partial charge in [-0.3, -0.25) is 0 Å². The fourth-order valence-electron chi connectivity index (χ4n) is 1.30. The van der Waals surface area contributed by atoms with Gasteiger partial charge in [-0.1, -0.05) is 33.6 Å². The number of nitrogens with zero attached hydrogens (tertiary/aromatic N) is 1. The lowest BCUT2D eigenvalue weighted by molar-refractivity contribution is 0.462. The van der Waals surface area contributed by atoms with Crippen LogP contribution in [-0.2, 0) is 0 Å². The number of rotatable bonds is 2. The standard InChI is InChI=1S/C12H10BrClN2O/c1-7-2-3-8(13)6-10(7)17-12-9(15)4-5-11(14)16-12/h2-6H,15H2,1H3. The molecule has 0 spiro atoms. The summed E-state index contributed by atoms with van der Waals surface area (Å²) in [6, 6.07) is 9.03. The van der Waals surface area contributed by atoms with Crippen LogP contribution in [0.5, 0.6) is 11.6 Å². The highest BCUT2D eigenvalue weighted by Crippen LogP contribution is 2.30. The van der Waals surface area contributed by atoms with Crippen LogP contribution in [0.3, 0.4) is 0 Å². The summed E-state index contributed by atoms with van der Waals surface area (Å²) in [5.74, 6) is 1.01. The Kier molecular flexibility index (Phi) is 3.54. The number of benzene rings is 1. The fraction of sp³-hybridized carbons (Fsp3) is 0.0833. The number of ether oxygens (including phenoxy) is 1. The van der Waals surface area contributed by atoms with Gasteiger partial charge < -0.3 is 10.5 Å². The Bertz CT molecular complexity index is 511. The predicted molar refractivity (Wildman–Crippen MR) is 72.6 cm³/mol. The Balaban J connectivity index is 2.37. The average molecular weight is 314 g/mol. The van der Waals surface area contributed by atoms with E-state index >= 15 is 0 Å². The quantitative estimate of drug-likeness (QED) is 0.846. The molecule has 17 heavy (non-hydrogen) atoms. The molecule has 0 amide bonds. The first-order valence-corrected chi connectivity index (χ1v) is 6.09. The maximum absolute atomic E-state index is 5.80. The lowest BCUT2D eigenvalue weighted by atomic mass is 10.2. The number of hydrogen-bond donors (Lipinski definition) is 1. The summed E-state index contributed by atoms with van der Waals surface area (Å²) in [7, 11) is 0. The van der Waals surface area contributed by atoms with E-state index in [1.165, 1.54) is 0 Å². The van der Waals surface area contributed by atoms with Crippen molar-refractivity contribution in [2.24, 2.45) is 0 Å². The predicted octanol–water partition coefficient (Wildman–Crippen LogP) is 4.18. The smallest absolute Gasteiger partial charge is 0.244 e. The largest absolute Gasteiger partial charge is 0.437 e. The van der Waals surface area contributed by atoms with Gasteiger partial charge in [-0.2, -0.15) is 4.98 Å². The molecule has 0 aliphatic heterocycles. The number of halogens is 2. The van der Waals surface area contributed by atoms with Crippen molar-refractivity contribution in [2.75, 3.05) is 5.73 Å². The van der Waals surface area contributed by atoms with Gasteiger partial charge in [-0.25, -0.2) is 0 Å². The Morgan fingerprint density at radius 1 is 1.29 bits per heavy atom. The van der Waals surface area contributed by atoms with E-state index in [4.69, 9.17) is 22.1 Å². The molecular weight excluding hydrogens is 304 g/mol. The zero-order valence-corrected chi connectivity index (χ0v) is 11.4. The number of anilines is 1. The summed E-state index contributed by atoms with van der Waals surface area (Å²) in [5.41, 5.74) is 7.21. The summed E-state index contributed by atoms with van der Waals surface area (Å²) in [6.07, 6.45) is 0. The van der Waals surface area contributed by atoms with Gasteiger partial charge in [0.15, 0.2) is 0 Å². The van der Waals surface area contributed by atoms with Crippen LogP contribution in [0.15, 0.2) is 34.8 Å². The maximum Gasteiger partial charge on any atom is 0.244 e. The SMILES string of the molecule is Cc1ccc(Br)cc1Oc1nc(Cl)ccc1N. The van der Waals surface area contributed by atoms with Crippen LogP contribution < -0.4 is 10.5 Å². The molecular formula is C12H10BrClN2O. The van der Waals surface area contributed by atoms with Crippen molar-refractivity contribution < 1.29 is 4.74 Å². The summed E-state index contributed by atoms with van der Waals surface area (Å²) < 4.78 is 6.58. The Labute approximate surface area is 113 Å². The van der Waals surface area contributed by atoms with Gasteiger partial charge in [-0.15, -0.1) is 0 Å². The van der Waals surface area contributed by atoms with Crippen LogP contribution in [-0.4, -0.2) is 4.98 Å². The van der Waals surface area contributed by atoms with Crippen LogP contribution in [0.4, 0.5) is 5.69 Å². The maximum atomic E-state index is 5.80. The van der Waals surface area contributed by atoms with Crippen LogP contribution in [0, 0.1) is 6.92 Å². The van der Waals surface area contributed by atoms with Crippen molar-refractivity contribution >= 4 is 33.2 Å². The van der Waals surface area contributed by atoms with Gasteiger partial charge in [0.25, 0.3) is 0 Å². The summed E-state index contributed by atoms with van der Waals surface area (Å²) in [6.45, 7) is 1.95. The van der Waals surface area contributed by atoms with E-state index < -0.39 is 0 Å². The van der Waals surface area contributed by atoms with Crippen LogP contribution in [0.1, 0.15) is 5.56 Å². The summed E-state index contributed by atoms with van der Waals surface area (Å²) >= 11 is 9.18. The van der Waals surface area contributed by atoms with E-state index in [0.29, 0.717) is 22.5 Å². The molecule has 0 aliphatic carbocycles. The minimum Gasteiger partial charge on any atom is -0.437 e. The Morgan fingerprint density at radius 2 is 2.06 bits per heavy atom. The molecule has 5 heteroatoms. The van der Waals surface area contributed by atoms with Crippen molar-refractivity contribution in [3.05, 3.63) is 45.5 Å². The number of nitrogens with two attached hydrogens (primary N) is 1. The van der Waals surface area contributed by atoms with Crippen LogP contribution in [0.25, 0.3) is 0 Å². The van der Waals surface area contributed by atoms with Crippen LogP contribution >= 0.6 is 27.5 Å². The van der Waals surface area contributed by atoms with Gasteiger partial charge in [0.2, 0.25) is 5.88 Å². The number of aryl methyl sites for hydroxylation is 1. The van der Waals surface area contributed by atoms with Crippen LogP contribution in [0.2, 0.25) is 5.15 Å².